The number of para-hydroxylation sites is 1. The maximum atomic E-state index is 12.4. The van der Waals surface area contributed by atoms with E-state index in [-0.39, 0.29) is 19.1 Å². The summed E-state index contributed by atoms with van der Waals surface area (Å²) < 4.78 is 11.2. The van der Waals surface area contributed by atoms with Crippen molar-refractivity contribution in [2.75, 3.05) is 20.2 Å². The molecular formula is C20H24ClNO4. The lowest BCUT2D eigenvalue weighted by molar-refractivity contribution is -0.138. The number of hydrogen-bond acceptors (Lipinski definition) is 4. The number of carbonyl (C=O) groups excluding carboxylic acids is 1. The number of aryl methyl sites for hydroxylation is 1. The van der Waals surface area contributed by atoms with Gasteiger partial charge in [0.1, 0.15) is 24.2 Å². The van der Waals surface area contributed by atoms with Gasteiger partial charge in [0.25, 0.3) is 5.91 Å². The number of carbonyl (C=O) groups is 1. The highest BCUT2D eigenvalue weighted by atomic mass is 35.5. The van der Waals surface area contributed by atoms with E-state index in [1.165, 1.54) is 4.90 Å². The SMILES string of the molecule is Cc1cc(OC[C@H](O)CN(C)C(=O)[C@@H](C)Oc2ccccc2)ccc1Cl. The molecule has 1 amide bonds. The molecule has 2 atom stereocenters. The van der Waals surface area contributed by atoms with Crippen molar-refractivity contribution in [2.24, 2.45) is 0 Å². The van der Waals surface area contributed by atoms with Gasteiger partial charge in [0, 0.05) is 18.6 Å². The summed E-state index contributed by atoms with van der Waals surface area (Å²) in [7, 11) is 1.63. The Kier molecular flexibility index (Phi) is 7.30. The molecule has 0 unspecified atom stereocenters. The predicted molar refractivity (Wildman–Crippen MR) is 102 cm³/mol. The van der Waals surface area contributed by atoms with Gasteiger partial charge in [-0.25, -0.2) is 0 Å². The Morgan fingerprint density at radius 1 is 1.19 bits per heavy atom. The van der Waals surface area contributed by atoms with Gasteiger partial charge in [-0.3, -0.25) is 4.79 Å². The Morgan fingerprint density at radius 3 is 2.54 bits per heavy atom. The molecule has 0 spiro atoms. The number of likely N-dealkylation sites (N-methyl/N-ethyl adjacent to an activating group) is 1. The molecule has 0 aliphatic rings. The van der Waals surface area contributed by atoms with Crippen LogP contribution in [-0.2, 0) is 4.79 Å². The van der Waals surface area contributed by atoms with Gasteiger partial charge in [-0.2, -0.15) is 0 Å². The van der Waals surface area contributed by atoms with E-state index in [4.69, 9.17) is 21.1 Å². The van der Waals surface area contributed by atoms with Gasteiger partial charge >= 0.3 is 0 Å². The van der Waals surface area contributed by atoms with Crippen LogP contribution in [0.1, 0.15) is 12.5 Å². The van der Waals surface area contributed by atoms with E-state index in [2.05, 4.69) is 0 Å². The van der Waals surface area contributed by atoms with Crippen LogP contribution in [0.15, 0.2) is 48.5 Å². The molecule has 140 valence electrons. The molecule has 2 aromatic carbocycles. The van der Waals surface area contributed by atoms with Crippen LogP contribution in [-0.4, -0.2) is 48.3 Å². The second kappa shape index (κ2) is 9.46. The molecule has 6 heteroatoms. The third-order valence-electron chi connectivity index (χ3n) is 3.84. The highest BCUT2D eigenvalue weighted by molar-refractivity contribution is 6.31. The number of hydrogen-bond donors (Lipinski definition) is 1. The quantitative estimate of drug-likeness (QED) is 0.766. The number of nitrogens with zero attached hydrogens (tertiary/aromatic N) is 1. The number of ether oxygens (including phenoxy) is 2. The molecule has 0 fully saturated rings. The second-order valence-corrected chi connectivity index (χ2v) is 6.57. The van der Waals surface area contributed by atoms with Crippen molar-refractivity contribution in [2.45, 2.75) is 26.1 Å². The van der Waals surface area contributed by atoms with E-state index in [0.717, 1.165) is 5.56 Å². The minimum atomic E-state index is -0.816. The van der Waals surface area contributed by atoms with Crippen molar-refractivity contribution in [1.29, 1.82) is 0 Å². The van der Waals surface area contributed by atoms with E-state index < -0.39 is 12.2 Å². The van der Waals surface area contributed by atoms with Gasteiger partial charge in [0.15, 0.2) is 6.10 Å². The van der Waals surface area contributed by atoms with Crippen LogP contribution < -0.4 is 9.47 Å². The fourth-order valence-corrected chi connectivity index (χ4v) is 2.54. The van der Waals surface area contributed by atoms with Crippen molar-refractivity contribution in [3.63, 3.8) is 0 Å². The van der Waals surface area contributed by atoms with Crippen molar-refractivity contribution in [3.05, 3.63) is 59.1 Å². The molecule has 1 N–H and O–H groups in total. The molecule has 2 rings (SSSR count). The number of amides is 1. The topological polar surface area (TPSA) is 59.0 Å². The smallest absolute Gasteiger partial charge is 0.263 e. The molecule has 5 nitrogen and oxygen atoms in total. The van der Waals surface area contributed by atoms with Crippen LogP contribution in [0.5, 0.6) is 11.5 Å². The summed E-state index contributed by atoms with van der Waals surface area (Å²) in [6, 6.07) is 14.4. The summed E-state index contributed by atoms with van der Waals surface area (Å²) in [6.07, 6.45) is -1.46. The summed E-state index contributed by atoms with van der Waals surface area (Å²) in [4.78, 5) is 13.8. The monoisotopic (exact) mass is 377 g/mol. The van der Waals surface area contributed by atoms with Gasteiger partial charge in [-0.05, 0) is 49.7 Å². The van der Waals surface area contributed by atoms with Gasteiger partial charge < -0.3 is 19.5 Å². The highest BCUT2D eigenvalue weighted by Crippen LogP contribution is 2.21. The Hall–Kier alpha value is -2.24. The Bertz CT molecular complexity index is 723. The number of halogens is 1. The zero-order valence-electron chi connectivity index (χ0n) is 15.2. The Morgan fingerprint density at radius 2 is 1.88 bits per heavy atom. The Labute approximate surface area is 159 Å². The zero-order valence-corrected chi connectivity index (χ0v) is 15.9. The summed E-state index contributed by atoms with van der Waals surface area (Å²) in [5, 5.41) is 10.8. The number of rotatable bonds is 8. The molecule has 0 heterocycles. The van der Waals surface area contributed by atoms with Gasteiger partial charge in [-0.15, -0.1) is 0 Å². The molecule has 0 radical (unpaired) electrons. The normalized spacial score (nSPS) is 13.0. The first-order valence-corrected chi connectivity index (χ1v) is 8.78. The summed E-state index contributed by atoms with van der Waals surface area (Å²) in [5.41, 5.74) is 0.901. The first-order chi connectivity index (χ1) is 12.4. The Balaban J connectivity index is 1.80. The molecule has 2 aromatic rings. The van der Waals surface area contributed by atoms with Crippen LogP contribution in [0, 0.1) is 6.92 Å². The number of benzene rings is 2. The van der Waals surface area contributed by atoms with E-state index in [0.29, 0.717) is 16.5 Å². The summed E-state index contributed by atoms with van der Waals surface area (Å²) >= 11 is 5.97. The maximum Gasteiger partial charge on any atom is 0.263 e. The lowest BCUT2D eigenvalue weighted by atomic mass is 10.2. The van der Waals surface area contributed by atoms with E-state index >= 15 is 0 Å². The average molecular weight is 378 g/mol. The minimum Gasteiger partial charge on any atom is -0.491 e. The summed E-state index contributed by atoms with van der Waals surface area (Å²) in [5.74, 6) is 1.04. The molecule has 0 aromatic heterocycles. The molecule has 0 aliphatic heterocycles. The minimum absolute atomic E-state index is 0.0760. The molecule has 0 aliphatic carbocycles. The first-order valence-electron chi connectivity index (χ1n) is 8.40. The molecular weight excluding hydrogens is 354 g/mol. The van der Waals surface area contributed by atoms with Crippen LogP contribution in [0.2, 0.25) is 5.02 Å². The standard InChI is InChI=1S/C20H24ClNO4/c1-14-11-18(9-10-19(14)21)25-13-16(23)12-22(3)20(24)15(2)26-17-7-5-4-6-8-17/h4-11,15-16,23H,12-13H2,1-3H3/t15-,16-/m1/s1. The van der Waals surface area contributed by atoms with Gasteiger partial charge in [0.2, 0.25) is 0 Å². The van der Waals surface area contributed by atoms with Crippen LogP contribution in [0.4, 0.5) is 0 Å². The summed E-state index contributed by atoms with van der Waals surface area (Å²) in [6.45, 7) is 3.79. The lowest BCUT2D eigenvalue weighted by Gasteiger charge is -2.24. The average Bonchev–Trinajstić information content (AvgIpc) is 2.62. The zero-order chi connectivity index (χ0) is 19.1. The first kappa shape index (κ1) is 20.1. The van der Waals surface area contributed by atoms with Gasteiger partial charge in [0.05, 0.1) is 0 Å². The van der Waals surface area contributed by atoms with Crippen LogP contribution >= 0.6 is 11.6 Å². The van der Waals surface area contributed by atoms with Crippen molar-refractivity contribution in [3.8, 4) is 11.5 Å². The molecule has 0 bridgehead atoms. The van der Waals surface area contributed by atoms with E-state index in [1.54, 1.807) is 44.3 Å². The van der Waals surface area contributed by atoms with E-state index in [1.807, 2.05) is 25.1 Å². The fourth-order valence-electron chi connectivity index (χ4n) is 2.42. The second-order valence-electron chi connectivity index (χ2n) is 6.17. The van der Waals surface area contributed by atoms with E-state index in [9.17, 15) is 9.90 Å². The van der Waals surface area contributed by atoms with Crippen molar-refractivity contribution >= 4 is 17.5 Å². The van der Waals surface area contributed by atoms with Crippen LogP contribution in [0.25, 0.3) is 0 Å². The number of aliphatic hydroxyl groups excluding tert-OH is 1. The maximum absolute atomic E-state index is 12.4. The largest absolute Gasteiger partial charge is 0.491 e. The molecule has 0 saturated heterocycles. The number of aliphatic hydroxyl groups is 1. The predicted octanol–water partition coefficient (Wildman–Crippen LogP) is 3.31. The van der Waals surface area contributed by atoms with Crippen molar-refractivity contribution < 1.29 is 19.4 Å². The fraction of sp³-hybridized carbons (Fsp3) is 0.350. The molecule has 0 saturated carbocycles. The van der Waals surface area contributed by atoms with Crippen molar-refractivity contribution in [1.82, 2.24) is 4.90 Å². The highest BCUT2D eigenvalue weighted by Gasteiger charge is 2.21. The third kappa shape index (κ3) is 5.93. The van der Waals surface area contributed by atoms with Crippen LogP contribution in [0.3, 0.4) is 0 Å². The molecule has 26 heavy (non-hydrogen) atoms. The van der Waals surface area contributed by atoms with Gasteiger partial charge in [-0.1, -0.05) is 29.8 Å². The third-order valence-corrected chi connectivity index (χ3v) is 4.26. The lowest BCUT2D eigenvalue weighted by Crippen LogP contribution is -2.43.